The van der Waals surface area contributed by atoms with Gasteiger partial charge in [-0.15, -0.1) is 0 Å². The molecule has 7 nitrogen and oxygen atoms in total. The number of nitrogens with zero attached hydrogens (tertiary/aromatic N) is 2. The maximum atomic E-state index is 13.3. The summed E-state index contributed by atoms with van der Waals surface area (Å²) in [6, 6.07) is 19.0. The van der Waals surface area contributed by atoms with E-state index in [9.17, 15) is 18.0 Å². The summed E-state index contributed by atoms with van der Waals surface area (Å²) < 4.78 is 31.2. The number of hydrogen-bond donors (Lipinski definition) is 0. The summed E-state index contributed by atoms with van der Waals surface area (Å²) in [6.45, 7) is -0.539. The van der Waals surface area contributed by atoms with Crippen molar-refractivity contribution in [3.05, 3.63) is 88.4 Å². The van der Waals surface area contributed by atoms with Crippen LogP contribution in [0.2, 0.25) is 5.02 Å². The lowest BCUT2D eigenvalue weighted by molar-refractivity contribution is -0.120. The quantitative estimate of drug-likeness (QED) is 0.492. The minimum absolute atomic E-state index is 0.0284. The number of esters is 1. The first-order valence-electron chi connectivity index (χ1n) is 10.6. The molecule has 0 atom stereocenters. The van der Waals surface area contributed by atoms with Crippen LogP contribution >= 0.6 is 11.6 Å². The van der Waals surface area contributed by atoms with Gasteiger partial charge in [0.15, 0.2) is 6.61 Å². The summed E-state index contributed by atoms with van der Waals surface area (Å²) in [5.74, 6) is -1.31. The monoisotopic (exact) mass is 498 g/mol. The summed E-state index contributed by atoms with van der Waals surface area (Å²) >= 11 is 6.14. The molecule has 4 rings (SSSR count). The zero-order chi connectivity index (χ0) is 24.5. The molecule has 1 heterocycles. The van der Waals surface area contributed by atoms with Gasteiger partial charge in [-0.2, -0.15) is 0 Å². The Morgan fingerprint density at radius 3 is 2.06 bits per heavy atom. The Bertz CT molecular complexity index is 1320. The van der Waals surface area contributed by atoms with Crippen LogP contribution in [0.15, 0.2) is 71.6 Å². The topological polar surface area (TPSA) is 84.0 Å². The van der Waals surface area contributed by atoms with E-state index in [-0.39, 0.29) is 15.5 Å². The molecule has 0 aromatic heterocycles. The molecular formula is C25H23ClN2O5S. The number of hydrogen-bond acceptors (Lipinski definition) is 5. The lowest BCUT2D eigenvalue weighted by Gasteiger charge is -2.24. The number of benzene rings is 3. The van der Waals surface area contributed by atoms with E-state index in [1.54, 1.807) is 4.90 Å². The van der Waals surface area contributed by atoms with Crippen molar-refractivity contribution in [2.75, 3.05) is 25.6 Å². The van der Waals surface area contributed by atoms with E-state index in [0.717, 1.165) is 45.7 Å². The number of sulfonamides is 1. The van der Waals surface area contributed by atoms with Gasteiger partial charge in [-0.3, -0.25) is 9.69 Å². The van der Waals surface area contributed by atoms with E-state index in [4.69, 9.17) is 16.3 Å². The predicted octanol–water partition coefficient (Wildman–Crippen LogP) is 4.21. The van der Waals surface area contributed by atoms with E-state index in [1.807, 2.05) is 48.5 Å². The van der Waals surface area contributed by atoms with Crippen molar-refractivity contribution in [3.63, 3.8) is 0 Å². The summed E-state index contributed by atoms with van der Waals surface area (Å²) in [4.78, 5) is 27.6. The predicted molar refractivity (Wildman–Crippen MR) is 130 cm³/mol. The van der Waals surface area contributed by atoms with Crippen LogP contribution < -0.4 is 4.90 Å². The van der Waals surface area contributed by atoms with Crippen molar-refractivity contribution < 1.29 is 22.7 Å². The smallest absolute Gasteiger partial charge is 0.340 e. The van der Waals surface area contributed by atoms with Crippen molar-refractivity contribution in [2.24, 2.45) is 0 Å². The van der Waals surface area contributed by atoms with Gasteiger partial charge in [0.1, 0.15) is 0 Å². The van der Waals surface area contributed by atoms with Crippen LogP contribution in [0.4, 0.5) is 11.4 Å². The van der Waals surface area contributed by atoms with Gasteiger partial charge in [-0.05, 0) is 54.3 Å². The van der Waals surface area contributed by atoms with E-state index in [0.29, 0.717) is 0 Å². The Labute approximate surface area is 203 Å². The van der Waals surface area contributed by atoms with Gasteiger partial charge in [0.05, 0.1) is 26.9 Å². The molecule has 1 amide bonds. The number of rotatable bonds is 5. The lowest BCUT2D eigenvalue weighted by atomic mass is 10.0. The summed E-state index contributed by atoms with van der Waals surface area (Å²) in [6.07, 6.45) is 1.55. The van der Waals surface area contributed by atoms with Crippen molar-refractivity contribution in [1.29, 1.82) is 0 Å². The minimum Gasteiger partial charge on any atom is -0.452 e. The number of carbonyl (C=O) groups is 2. The van der Waals surface area contributed by atoms with Crippen LogP contribution in [-0.4, -0.2) is 45.3 Å². The maximum absolute atomic E-state index is 13.3. The van der Waals surface area contributed by atoms with Gasteiger partial charge in [0.2, 0.25) is 10.0 Å². The van der Waals surface area contributed by atoms with Crippen molar-refractivity contribution in [2.45, 2.75) is 17.7 Å². The fourth-order valence-corrected chi connectivity index (χ4v) is 4.97. The number of carbonyl (C=O) groups excluding carboxylic acids is 2. The zero-order valence-electron chi connectivity index (χ0n) is 18.7. The Hall–Kier alpha value is -3.20. The molecule has 34 heavy (non-hydrogen) atoms. The van der Waals surface area contributed by atoms with Gasteiger partial charge in [0, 0.05) is 14.1 Å². The van der Waals surface area contributed by atoms with Crippen LogP contribution in [0.1, 0.15) is 21.5 Å². The van der Waals surface area contributed by atoms with Gasteiger partial charge in [-0.25, -0.2) is 17.5 Å². The first-order chi connectivity index (χ1) is 16.2. The summed E-state index contributed by atoms with van der Waals surface area (Å²) in [7, 11) is -1.00. The Morgan fingerprint density at radius 1 is 0.941 bits per heavy atom. The number of ether oxygens (including phenoxy) is 1. The van der Waals surface area contributed by atoms with Gasteiger partial charge < -0.3 is 4.74 Å². The molecule has 1 aliphatic heterocycles. The van der Waals surface area contributed by atoms with Crippen molar-refractivity contribution in [3.8, 4) is 0 Å². The third-order valence-corrected chi connectivity index (χ3v) is 7.78. The first kappa shape index (κ1) is 23.9. The standard InChI is InChI=1S/C25H23ClN2O5S/c1-27(2)34(31,32)19-13-14-21(26)20(15-19)25(30)33-16-24(29)28-22-9-5-3-7-17(22)11-12-18-8-4-6-10-23(18)28/h3-10,13-15H,11-12,16H2,1-2H3. The second-order valence-electron chi connectivity index (χ2n) is 7.99. The highest BCUT2D eigenvalue weighted by atomic mass is 35.5. The fraction of sp³-hybridized carbons (Fsp3) is 0.200. The van der Waals surface area contributed by atoms with Crippen LogP contribution in [0, 0.1) is 0 Å². The van der Waals surface area contributed by atoms with Gasteiger partial charge in [0.25, 0.3) is 5.91 Å². The van der Waals surface area contributed by atoms with Gasteiger partial charge >= 0.3 is 5.97 Å². The van der Waals surface area contributed by atoms with E-state index < -0.39 is 28.5 Å². The molecule has 0 N–H and O–H groups in total. The SMILES string of the molecule is CN(C)S(=O)(=O)c1ccc(Cl)c(C(=O)OCC(=O)N2c3ccccc3CCc3ccccc32)c1. The largest absolute Gasteiger partial charge is 0.452 e. The molecule has 0 aliphatic carbocycles. The van der Waals surface area contributed by atoms with E-state index >= 15 is 0 Å². The molecule has 0 radical (unpaired) electrons. The molecule has 176 valence electrons. The third-order valence-electron chi connectivity index (χ3n) is 5.64. The highest BCUT2D eigenvalue weighted by Crippen LogP contribution is 2.36. The van der Waals surface area contributed by atoms with Crippen LogP contribution in [0.5, 0.6) is 0 Å². The average Bonchev–Trinajstić information content (AvgIpc) is 2.99. The highest BCUT2D eigenvalue weighted by Gasteiger charge is 2.27. The number of fused-ring (bicyclic) bond motifs is 2. The van der Waals surface area contributed by atoms with E-state index in [1.165, 1.54) is 26.2 Å². The van der Waals surface area contributed by atoms with Gasteiger partial charge in [-0.1, -0.05) is 48.0 Å². The number of amides is 1. The molecule has 0 saturated carbocycles. The van der Waals surface area contributed by atoms with E-state index in [2.05, 4.69) is 0 Å². The second-order valence-corrected chi connectivity index (χ2v) is 10.6. The summed E-state index contributed by atoms with van der Waals surface area (Å²) in [5.41, 5.74) is 3.39. The highest BCUT2D eigenvalue weighted by molar-refractivity contribution is 7.89. The molecule has 3 aromatic rings. The maximum Gasteiger partial charge on any atom is 0.340 e. The third kappa shape index (κ3) is 4.57. The molecule has 0 spiro atoms. The minimum atomic E-state index is -3.78. The zero-order valence-corrected chi connectivity index (χ0v) is 20.3. The molecule has 1 aliphatic rings. The molecule has 0 saturated heterocycles. The number of aryl methyl sites for hydroxylation is 2. The van der Waals surface area contributed by atoms with Crippen molar-refractivity contribution in [1.82, 2.24) is 4.31 Å². The molecule has 9 heteroatoms. The van der Waals surface area contributed by atoms with Crippen LogP contribution in [0.25, 0.3) is 0 Å². The molecule has 0 bridgehead atoms. The normalized spacial score (nSPS) is 13.1. The first-order valence-corrected chi connectivity index (χ1v) is 12.4. The van der Waals surface area contributed by atoms with Crippen LogP contribution in [-0.2, 0) is 32.4 Å². The second kappa shape index (κ2) is 9.58. The summed E-state index contributed by atoms with van der Waals surface area (Å²) in [5, 5.41) is 0.0284. The Morgan fingerprint density at radius 2 is 1.50 bits per heavy atom. The Kier molecular flexibility index (Phi) is 6.74. The molecule has 0 fully saturated rings. The molecule has 3 aromatic carbocycles. The lowest BCUT2D eigenvalue weighted by Crippen LogP contribution is -2.31. The number of halogens is 1. The molecule has 0 unspecified atom stereocenters. The molecular weight excluding hydrogens is 476 g/mol. The van der Waals surface area contributed by atoms with Crippen LogP contribution in [0.3, 0.4) is 0 Å². The van der Waals surface area contributed by atoms with Crippen molar-refractivity contribution >= 4 is 44.9 Å². The number of anilines is 2. The average molecular weight is 499 g/mol. The fourth-order valence-electron chi connectivity index (χ4n) is 3.85. The Balaban J connectivity index is 1.60. The number of para-hydroxylation sites is 2.